The van der Waals surface area contributed by atoms with E-state index in [1.54, 1.807) is 0 Å². The van der Waals surface area contributed by atoms with Crippen molar-refractivity contribution in [2.24, 2.45) is 0 Å². The fourth-order valence-electron chi connectivity index (χ4n) is 1.79. The topological polar surface area (TPSA) is 52.9 Å². The van der Waals surface area contributed by atoms with Gasteiger partial charge in [-0.2, -0.15) is 5.26 Å². The van der Waals surface area contributed by atoms with Crippen LogP contribution in [0.2, 0.25) is 0 Å². The molecule has 0 fully saturated rings. The van der Waals surface area contributed by atoms with E-state index in [9.17, 15) is 4.79 Å². The highest BCUT2D eigenvalue weighted by atomic mass is 79.9. The van der Waals surface area contributed by atoms with Crippen LogP contribution in [0.5, 0.6) is 0 Å². The average Bonchev–Trinajstić information content (AvgIpc) is 2.51. The molecule has 1 N–H and O–H groups in total. The van der Waals surface area contributed by atoms with Gasteiger partial charge in [0, 0.05) is 16.6 Å². The molecule has 76 valence electrons. The standard InChI is InChI=1S/C11H9BrN2O/c12-7-3-4-10-9(6-7)8(2-1-5-13)11(15)14-10/h3-4,6,8H,1-2H2,(H,14,15). The van der Waals surface area contributed by atoms with Gasteiger partial charge >= 0.3 is 0 Å². The molecule has 0 radical (unpaired) electrons. The fraction of sp³-hybridized carbons (Fsp3) is 0.273. The van der Waals surface area contributed by atoms with Gasteiger partial charge in [-0.3, -0.25) is 4.79 Å². The van der Waals surface area contributed by atoms with Gasteiger partial charge in [-0.25, -0.2) is 0 Å². The Bertz CT molecular complexity index is 450. The van der Waals surface area contributed by atoms with Crippen LogP contribution in [0.1, 0.15) is 24.3 Å². The summed E-state index contributed by atoms with van der Waals surface area (Å²) >= 11 is 3.38. The molecule has 1 heterocycles. The molecule has 2 rings (SSSR count). The van der Waals surface area contributed by atoms with Gasteiger partial charge in [-0.15, -0.1) is 0 Å². The summed E-state index contributed by atoms with van der Waals surface area (Å²) in [7, 11) is 0. The molecule has 1 aliphatic rings. The van der Waals surface area contributed by atoms with Gasteiger partial charge in [0.25, 0.3) is 0 Å². The third-order valence-electron chi connectivity index (χ3n) is 2.51. The lowest BCUT2D eigenvalue weighted by atomic mass is 9.96. The lowest BCUT2D eigenvalue weighted by Gasteiger charge is -2.05. The van der Waals surface area contributed by atoms with Crippen LogP contribution in [-0.2, 0) is 4.79 Å². The molecule has 1 aliphatic heterocycles. The van der Waals surface area contributed by atoms with E-state index in [4.69, 9.17) is 5.26 Å². The highest BCUT2D eigenvalue weighted by Gasteiger charge is 2.29. The number of carbonyl (C=O) groups is 1. The minimum Gasteiger partial charge on any atom is -0.325 e. The smallest absolute Gasteiger partial charge is 0.232 e. The van der Waals surface area contributed by atoms with E-state index in [1.807, 2.05) is 18.2 Å². The lowest BCUT2D eigenvalue weighted by molar-refractivity contribution is -0.117. The number of halogens is 1. The summed E-state index contributed by atoms with van der Waals surface area (Å²) in [6.07, 6.45) is 0.996. The first-order chi connectivity index (χ1) is 7.22. The summed E-state index contributed by atoms with van der Waals surface area (Å²) in [6, 6.07) is 7.78. The first kappa shape index (κ1) is 10.2. The number of nitrogens with zero attached hydrogens (tertiary/aromatic N) is 1. The Kier molecular flexibility index (Phi) is 2.74. The molecule has 0 aliphatic carbocycles. The second-order valence-corrected chi connectivity index (χ2v) is 4.39. The Labute approximate surface area is 96.2 Å². The fourth-order valence-corrected chi connectivity index (χ4v) is 2.17. The number of amides is 1. The molecular formula is C11H9BrN2O. The third kappa shape index (κ3) is 1.88. The van der Waals surface area contributed by atoms with Crippen LogP contribution >= 0.6 is 15.9 Å². The van der Waals surface area contributed by atoms with Crippen LogP contribution in [0.25, 0.3) is 0 Å². The van der Waals surface area contributed by atoms with E-state index < -0.39 is 0 Å². The number of nitriles is 1. The minimum absolute atomic E-state index is 0.00153. The van der Waals surface area contributed by atoms with Crippen LogP contribution < -0.4 is 5.32 Å². The summed E-state index contributed by atoms with van der Waals surface area (Å²) in [5, 5.41) is 11.3. The van der Waals surface area contributed by atoms with Crippen molar-refractivity contribution in [1.29, 1.82) is 5.26 Å². The van der Waals surface area contributed by atoms with Crippen LogP contribution in [0, 0.1) is 11.3 Å². The molecule has 0 aromatic heterocycles. The van der Waals surface area contributed by atoms with E-state index >= 15 is 0 Å². The van der Waals surface area contributed by atoms with Gasteiger partial charge in [0.1, 0.15) is 0 Å². The maximum Gasteiger partial charge on any atom is 0.232 e. The quantitative estimate of drug-likeness (QED) is 0.893. The zero-order valence-corrected chi connectivity index (χ0v) is 9.54. The predicted molar refractivity (Wildman–Crippen MR) is 60.4 cm³/mol. The van der Waals surface area contributed by atoms with Crippen molar-refractivity contribution >= 4 is 27.5 Å². The molecule has 1 unspecified atom stereocenters. The first-order valence-electron chi connectivity index (χ1n) is 4.69. The molecule has 1 aromatic rings. The number of benzene rings is 1. The maximum absolute atomic E-state index is 11.6. The zero-order chi connectivity index (χ0) is 10.8. The van der Waals surface area contributed by atoms with Crippen molar-refractivity contribution in [3.05, 3.63) is 28.2 Å². The Morgan fingerprint density at radius 2 is 2.33 bits per heavy atom. The summed E-state index contributed by atoms with van der Waals surface area (Å²) in [6.45, 7) is 0. The molecule has 0 saturated carbocycles. The largest absolute Gasteiger partial charge is 0.325 e. The van der Waals surface area contributed by atoms with Crippen LogP contribution in [0.3, 0.4) is 0 Å². The molecule has 1 aromatic carbocycles. The van der Waals surface area contributed by atoms with Crippen molar-refractivity contribution in [2.75, 3.05) is 5.32 Å². The van der Waals surface area contributed by atoms with Crippen LogP contribution in [-0.4, -0.2) is 5.91 Å². The number of hydrogen-bond acceptors (Lipinski definition) is 2. The highest BCUT2D eigenvalue weighted by molar-refractivity contribution is 9.10. The molecular weight excluding hydrogens is 256 g/mol. The number of fused-ring (bicyclic) bond motifs is 1. The van der Waals surface area contributed by atoms with Gasteiger partial charge in [-0.05, 0) is 30.2 Å². The minimum atomic E-state index is -0.169. The molecule has 1 amide bonds. The van der Waals surface area contributed by atoms with Gasteiger partial charge in [0.15, 0.2) is 0 Å². The summed E-state index contributed by atoms with van der Waals surface area (Å²) in [4.78, 5) is 11.6. The molecule has 3 nitrogen and oxygen atoms in total. The summed E-state index contributed by atoms with van der Waals surface area (Å²) in [5.41, 5.74) is 1.86. The molecule has 0 spiro atoms. The highest BCUT2D eigenvalue weighted by Crippen LogP contribution is 2.36. The SMILES string of the molecule is N#CCCC1C(=O)Nc2ccc(Br)cc21. The summed E-state index contributed by atoms with van der Waals surface area (Å²) in [5.74, 6) is -0.171. The van der Waals surface area contributed by atoms with E-state index in [0.717, 1.165) is 15.7 Å². The van der Waals surface area contributed by atoms with Gasteiger partial charge in [0.05, 0.1) is 12.0 Å². The lowest BCUT2D eigenvalue weighted by Crippen LogP contribution is -2.11. The van der Waals surface area contributed by atoms with Crippen molar-refractivity contribution in [3.63, 3.8) is 0 Å². The van der Waals surface area contributed by atoms with Gasteiger partial charge in [0.2, 0.25) is 5.91 Å². The van der Waals surface area contributed by atoms with Crippen molar-refractivity contribution in [2.45, 2.75) is 18.8 Å². The molecule has 1 atom stereocenters. The van der Waals surface area contributed by atoms with E-state index in [-0.39, 0.29) is 11.8 Å². The second-order valence-electron chi connectivity index (χ2n) is 3.47. The first-order valence-corrected chi connectivity index (χ1v) is 5.49. The van der Waals surface area contributed by atoms with Gasteiger partial charge < -0.3 is 5.32 Å². The monoisotopic (exact) mass is 264 g/mol. The van der Waals surface area contributed by atoms with E-state index in [2.05, 4.69) is 27.3 Å². The number of nitrogens with one attached hydrogen (secondary N) is 1. The van der Waals surface area contributed by atoms with Crippen molar-refractivity contribution in [1.82, 2.24) is 0 Å². The predicted octanol–water partition coefficient (Wildman–Crippen LogP) is 2.79. The Morgan fingerprint density at radius 3 is 3.07 bits per heavy atom. The molecule has 0 bridgehead atoms. The maximum atomic E-state index is 11.6. The normalized spacial score (nSPS) is 18.1. The zero-order valence-electron chi connectivity index (χ0n) is 7.96. The van der Waals surface area contributed by atoms with Crippen LogP contribution in [0.15, 0.2) is 22.7 Å². The van der Waals surface area contributed by atoms with Crippen molar-refractivity contribution in [3.8, 4) is 6.07 Å². The summed E-state index contributed by atoms with van der Waals surface area (Å²) < 4.78 is 0.958. The Hall–Kier alpha value is -1.34. The Balaban J connectivity index is 2.32. The molecule has 15 heavy (non-hydrogen) atoms. The number of hydrogen-bond donors (Lipinski definition) is 1. The number of anilines is 1. The number of rotatable bonds is 2. The molecule has 4 heteroatoms. The van der Waals surface area contributed by atoms with E-state index in [0.29, 0.717) is 12.8 Å². The third-order valence-corrected chi connectivity index (χ3v) is 3.00. The Morgan fingerprint density at radius 1 is 1.53 bits per heavy atom. The number of carbonyl (C=O) groups excluding carboxylic acids is 1. The van der Waals surface area contributed by atoms with Crippen molar-refractivity contribution < 1.29 is 4.79 Å². The average molecular weight is 265 g/mol. The van der Waals surface area contributed by atoms with Crippen LogP contribution in [0.4, 0.5) is 5.69 Å². The molecule has 0 saturated heterocycles. The second kappa shape index (κ2) is 4.03. The van der Waals surface area contributed by atoms with Gasteiger partial charge in [-0.1, -0.05) is 15.9 Å². The van der Waals surface area contributed by atoms with E-state index in [1.165, 1.54) is 0 Å².